The molecule has 1 N–H and O–H groups in total. The molecule has 2 atom stereocenters. The van der Waals surface area contributed by atoms with Crippen LogP contribution in [0.1, 0.15) is 27.2 Å². The second kappa shape index (κ2) is 5.38. The zero-order chi connectivity index (χ0) is 10.6. The lowest BCUT2D eigenvalue weighted by atomic mass is 9.96. The van der Waals surface area contributed by atoms with Crippen molar-refractivity contribution in [2.75, 3.05) is 32.4 Å². The van der Waals surface area contributed by atoms with E-state index in [-0.39, 0.29) is 0 Å². The minimum Gasteiger partial charge on any atom is -0.309 e. The first-order valence-electron chi connectivity index (χ1n) is 5.60. The Kier molecular flexibility index (Phi) is 4.74. The van der Waals surface area contributed by atoms with Crippen molar-refractivity contribution in [2.45, 2.75) is 38.0 Å². The number of hydrogen-bond donors (Lipinski definition) is 1. The van der Waals surface area contributed by atoms with E-state index >= 15 is 0 Å². The van der Waals surface area contributed by atoms with Gasteiger partial charge in [0.1, 0.15) is 0 Å². The Morgan fingerprint density at radius 2 is 2.29 bits per heavy atom. The van der Waals surface area contributed by atoms with Crippen LogP contribution in [0.25, 0.3) is 0 Å². The van der Waals surface area contributed by atoms with Crippen molar-refractivity contribution in [3.63, 3.8) is 0 Å². The van der Waals surface area contributed by atoms with E-state index in [2.05, 4.69) is 37.2 Å². The van der Waals surface area contributed by atoms with Gasteiger partial charge in [-0.3, -0.25) is 4.90 Å². The van der Waals surface area contributed by atoms with Gasteiger partial charge in [-0.15, -0.1) is 0 Å². The monoisotopic (exact) mass is 216 g/mol. The van der Waals surface area contributed by atoms with Gasteiger partial charge in [-0.2, -0.15) is 11.8 Å². The van der Waals surface area contributed by atoms with Gasteiger partial charge in [0.15, 0.2) is 0 Å². The van der Waals surface area contributed by atoms with Crippen LogP contribution in [0.5, 0.6) is 0 Å². The summed E-state index contributed by atoms with van der Waals surface area (Å²) in [5.74, 6) is 0. The minimum atomic E-state index is 0.344. The van der Waals surface area contributed by atoms with Crippen molar-refractivity contribution in [1.82, 2.24) is 10.2 Å². The summed E-state index contributed by atoms with van der Waals surface area (Å²) in [6.45, 7) is 11.7. The van der Waals surface area contributed by atoms with Crippen LogP contribution < -0.4 is 5.32 Å². The van der Waals surface area contributed by atoms with Crippen molar-refractivity contribution < 1.29 is 0 Å². The molecule has 0 radical (unpaired) electrons. The number of rotatable bonds is 4. The quantitative estimate of drug-likeness (QED) is 0.771. The van der Waals surface area contributed by atoms with Gasteiger partial charge >= 0.3 is 0 Å². The second-order valence-corrected chi connectivity index (χ2v) is 5.90. The molecule has 0 amide bonds. The van der Waals surface area contributed by atoms with E-state index in [0.29, 0.717) is 5.54 Å². The average Bonchev–Trinajstić information content (AvgIpc) is 2.18. The van der Waals surface area contributed by atoms with Gasteiger partial charge in [-0.05, 0) is 19.6 Å². The van der Waals surface area contributed by atoms with Crippen LogP contribution in [0.2, 0.25) is 0 Å². The Morgan fingerprint density at radius 3 is 2.86 bits per heavy atom. The standard InChI is InChI=1S/C11H24N2S/c1-5-11(3)9-13(7-6-12-11)8-10(2)14-4/h10,12H,5-9H2,1-4H3. The zero-order valence-corrected chi connectivity index (χ0v) is 10.8. The molecule has 1 saturated heterocycles. The molecule has 0 aromatic carbocycles. The van der Waals surface area contributed by atoms with Crippen molar-refractivity contribution in [3.8, 4) is 0 Å². The lowest BCUT2D eigenvalue weighted by Gasteiger charge is -2.41. The fraction of sp³-hybridized carbons (Fsp3) is 1.00. The summed E-state index contributed by atoms with van der Waals surface area (Å²) < 4.78 is 0. The van der Waals surface area contributed by atoms with E-state index in [1.165, 1.54) is 26.1 Å². The van der Waals surface area contributed by atoms with Crippen LogP contribution in [0.4, 0.5) is 0 Å². The number of hydrogen-bond acceptors (Lipinski definition) is 3. The SMILES string of the molecule is CCC1(C)CN(CC(C)SC)CCN1. The summed E-state index contributed by atoms with van der Waals surface area (Å²) in [6.07, 6.45) is 3.42. The molecule has 2 nitrogen and oxygen atoms in total. The third-order valence-corrected chi connectivity index (χ3v) is 4.20. The summed E-state index contributed by atoms with van der Waals surface area (Å²) in [5.41, 5.74) is 0.344. The van der Waals surface area contributed by atoms with Crippen LogP contribution in [-0.2, 0) is 0 Å². The molecule has 1 aliphatic heterocycles. The molecular formula is C11H24N2S. The summed E-state index contributed by atoms with van der Waals surface area (Å²) in [5, 5.41) is 4.38. The Bertz CT molecular complexity index is 175. The predicted molar refractivity (Wildman–Crippen MR) is 66.1 cm³/mol. The number of nitrogens with zero attached hydrogens (tertiary/aromatic N) is 1. The molecule has 1 aliphatic rings. The highest BCUT2D eigenvalue weighted by Crippen LogP contribution is 2.17. The Morgan fingerprint density at radius 1 is 1.57 bits per heavy atom. The lowest BCUT2D eigenvalue weighted by molar-refractivity contribution is 0.141. The lowest BCUT2D eigenvalue weighted by Crippen LogP contribution is -2.59. The van der Waals surface area contributed by atoms with Gasteiger partial charge in [0.2, 0.25) is 0 Å². The second-order valence-electron chi connectivity index (χ2n) is 4.62. The maximum atomic E-state index is 3.62. The minimum absolute atomic E-state index is 0.344. The molecule has 0 spiro atoms. The van der Waals surface area contributed by atoms with E-state index in [0.717, 1.165) is 11.8 Å². The van der Waals surface area contributed by atoms with Gasteiger partial charge < -0.3 is 5.32 Å². The first-order chi connectivity index (χ1) is 6.59. The largest absolute Gasteiger partial charge is 0.309 e. The van der Waals surface area contributed by atoms with Crippen LogP contribution >= 0.6 is 11.8 Å². The highest BCUT2D eigenvalue weighted by Gasteiger charge is 2.28. The summed E-state index contributed by atoms with van der Waals surface area (Å²) in [4.78, 5) is 2.60. The van der Waals surface area contributed by atoms with E-state index < -0.39 is 0 Å². The average molecular weight is 216 g/mol. The van der Waals surface area contributed by atoms with Crippen LogP contribution in [0.3, 0.4) is 0 Å². The number of nitrogens with one attached hydrogen (secondary N) is 1. The molecule has 1 fully saturated rings. The highest BCUT2D eigenvalue weighted by molar-refractivity contribution is 7.99. The van der Waals surface area contributed by atoms with Crippen molar-refractivity contribution in [2.24, 2.45) is 0 Å². The first-order valence-corrected chi connectivity index (χ1v) is 6.88. The third kappa shape index (κ3) is 3.44. The molecule has 14 heavy (non-hydrogen) atoms. The van der Waals surface area contributed by atoms with Crippen LogP contribution in [0.15, 0.2) is 0 Å². The topological polar surface area (TPSA) is 15.3 Å². The summed E-state index contributed by atoms with van der Waals surface area (Å²) >= 11 is 1.96. The predicted octanol–water partition coefficient (Wildman–Crippen LogP) is 1.81. The molecule has 0 saturated carbocycles. The Balaban J connectivity index is 2.40. The fourth-order valence-corrected chi connectivity index (χ4v) is 2.33. The maximum absolute atomic E-state index is 3.62. The molecule has 84 valence electrons. The van der Waals surface area contributed by atoms with Gasteiger partial charge in [0.25, 0.3) is 0 Å². The molecule has 3 heteroatoms. The van der Waals surface area contributed by atoms with Crippen LogP contribution in [-0.4, -0.2) is 48.1 Å². The summed E-state index contributed by atoms with van der Waals surface area (Å²) in [6, 6.07) is 0. The summed E-state index contributed by atoms with van der Waals surface area (Å²) in [7, 11) is 0. The molecule has 0 aliphatic carbocycles. The third-order valence-electron chi connectivity index (χ3n) is 3.25. The Hall–Kier alpha value is 0.270. The zero-order valence-electron chi connectivity index (χ0n) is 9.97. The molecule has 0 aromatic rings. The molecular weight excluding hydrogens is 192 g/mol. The fourth-order valence-electron chi connectivity index (χ4n) is 1.98. The molecule has 2 unspecified atom stereocenters. The molecule has 1 rings (SSSR count). The van der Waals surface area contributed by atoms with E-state index in [1.54, 1.807) is 0 Å². The van der Waals surface area contributed by atoms with Crippen molar-refractivity contribution in [3.05, 3.63) is 0 Å². The van der Waals surface area contributed by atoms with Gasteiger partial charge in [0.05, 0.1) is 0 Å². The van der Waals surface area contributed by atoms with E-state index in [1.807, 2.05) is 11.8 Å². The van der Waals surface area contributed by atoms with Crippen molar-refractivity contribution >= 4 is 11.8 Å². The molecule has 1 heterocycles. The van der Waals surface area contributed by atoms with E-state index in [4.69, 9.17) is 0 Å². The molecule has 0 bridgehead atoms. The first kappa shape index (κ1) is 12.3. The Labute approximate surface area is 92.8 Å². The number of thioether (sulfide) groups is 1. The van der Waals surface area contributed by atoms with Crippen molar-refractivity contribution in [1.29, 1.82) is 0 Å². The maximum Gasteiger partial charge on any atom is 0.0278 e. The van der Waals surface area contributed by atoms with Gasteiger partial charge in [0, 0.05) is 37.0 Å². The van der Waals surface area contributed by atoms with Crippen LogP contribution in [0, 0.1) is 0 Å². The van der Waals surface area contributed by atoms with E-state index in [9.17, 15) is 0 Å². The van der Waals surface area contributed by atoms with Gasteiger partial charge in [-0.1, -0.05) is 13.8 Å². The normalized spacial score (nSPS) is 31.7. The smallest absolute Gasteiger partial charge is 0.0278 e. The van der Waals surface area contributed by atoms with Gasteiger partial charge in [-0.25, -0.2) is 0 Å². The number of piperazine rings is 1. The highest BCUT2D eigenvalue weighted by atomic mass is 32.2. The molecule has 0 aromatic heterocycles.